The van der Waals surface area contributed by atoms with Gasteiger partial charge in [0.2, 0.25) is 0 Å². The molecule has 2 aromatic heterocycles. The molecule has 0 fully saturated rings. The Morgan fingerprint density at radius 1 is 1.00 bits per heavy atom. The van der Waals surface area contributed by atoms with Crippen molar-refractivity contribution in [2.24, 2.45) is 0 Å². The lowest BCUT2D eigenvalue weighted by Gasteiger charge is -2.20. The molecule has 144 valence electrons. The van der Waals surface area contributed by atoms with E-state index < -0.39 is 0 Å². The van der Waals surface area contributed by atoms with Gasteiger partial charge < -0.3 is 14.0 Å². The van der Waals surface area contributed by atoms with Gasteiger partial charge >= 0.3 is 0 Å². The van der Waals surface area contributed by atoms with Gasteiger partial charge in [0.25, 0.3) is 0 Å². The Bertz CT molecular complexity index is 832. The van der Waals surface area contributed by atoms with E-state index in [9.17, 15) is 0 Å². The van der Waals surface area contributed by atoms with E-state index in [0.29, 0.717) is 0 Å². The molecule has 2 heterocycles. The van der Waals surface area contributed by atoms with E-state index in [4.69, 9.17) is 9.72 Å². The summed E-state index contributed by atoms with van der Waals surface area (Å²) in [6, 6.07) is 12.4. The monoisotopic (exact) mass is 365 g/mol. The molecule has 4 heteroatoms. The molecule has 3 rings (SSSR count). The van der Waals surface area contributed by atoms with Gasteiger partial charge in [-0.2, -0.15) is 0 Å². The van der Waals surface area contributed by atoms with E-state index in [2.05, 4.69) is 54.5 Å². The average molecular weight is 366 g/mol. The number of ether oxygens (including phenoxy) is 1. The maximum absolute atomic E-state index is 5.93. The Hall–Kier alpha value is -2.33. The highest BCUT2D eigenvalue weighted by atomic mass is 16.5. The Kier molecular flexibility index (Phi) is 6.88. The summed E-state index contributed by atoms with van der Waals surface area (Å²) in [5.74, 6) is 0.927. The van der Waals surface area contributed by atoms with Crippen LogP contribution < -0.4 is 4.74 Å². The molecule has 0 radical (unpaired) electrons. The molecule has 0 bridgehead atoms. The van der Waals surface area contributed by atoms with Crippen LogP contribution in [0.3, 0.4) is 0 Å². The van der Waals surface area contributed by atoms with E-state index >= 15 is 0 Å². The smallest absolute Gasteiger partial charge is 0.140 e. The molecule has 0 aliphatic heterocycles. The highest BCUT2D eigenvalue weighted by Gasteiger charge is 2.07. The normalized spacial score (nSPS) is 11.4. The summed E-state index contributed by atoms with van der Waals surface area (Å²) >= 11 is 0. The molecule has 3 aromatic rings. The van der Waals surface area contributed by atoms with Crippen LogP contribution in [0.2, 0.25) is 0 Å². The predicted molar refractivity (Wildman–Crippen MR) is 112 cm³/mol. The maximum atomic E-state index is 5.93. The second kappa shape index (κ2) is 9.56. The second-order valence-electron chi connectivity index (χ2n) is 7.12. The van der Waals surface area contributed by atoms with Gasteiger partial charge in [-0.15, -0.1) is 0 Å². The number of aryl methyl sites for hydroxylation is 1. The molecule has 0 saturated carbocycles. The SMILES string of the molecule is CCCN(CCC)CCCOc1ccc(-c2cn3cccc(C)c3n2)cc1. The standard InChI is InChI=1S/C23H31N3O/c1-4-13-25(14-5-2)15-7-17-27-21-11-9-20(10-12-21)22-18-26-16-6-8-19(3)23(26)24-22/h6,8-12,16,18H,4-5,7,13-15,17H2,1-3H3. The molecule has 27 heavy (non-hydrogen) atoms. The van der Waals surface area contributed by atoms with E-state index in [0.717, 1.165) is 42.2 Å². The lowest BCUT2D eigenvalue weighted by atomic mass is 10.1. The van der Waals surface area contributed by atoms with Crippen LogP contribution in [0.1, 0.15) is 38.7 Å². The number of pyridine rings is 1. The number of nitrogens with zero attached hydrogens (tertiary/aromatic N) is 3. The van der Waals surface area contributed by atoms with Crippen LogP contribution >= 0.6 is 0 Å². The second-order valence-corrected chi connectivity index (χ2v) is 7.12. The Labute approximate surface area is 162 Å². The lowest BCUT2D eigenvalue weighted by molar-refractivity contribution is 0.234. The third-order valence-electron chi connectivity index (χ3n) is 4.80. The first-order chi connectivity index (χ1) is 13.2. The number of aromatic nitrogens is 2. The van der Waals surface area contributed by atoms with Crippen LogP contribution in [0.5, 0.6) is 5.75 Å². The van der Waals surface area contributed by atoms with Gasteiger partial charge in [0.15, 0.2) is 0 Å². The maximum Gasteiger partial charge on any atom is 0.140 e. The molecule has 0 saturated heterocycles. The van der Waals surface area contributed by atoms with Crippen molar-refractivity contribution in [3.63, 3.8) is 0 Å². The zero-order valence-electron chi connectivity index (χ0n) is 16.8. The van der Waals surface area contributed by atoms with Gasteiger partial charge in [-0.25, -0.2) is 4.98 Å². The molecule has 0 amide bonds. The van der Waals surface area contributed by atoms with Crippen molar-refractivity contribution in [1.29, 1.82) is 0 Å². The molecule has 1 aromatic carbocycles. The number of rotatable bonds is 10. The molecule has 0 unspecified atom stereocenters. The summed E-state index contributed by atoms with van der Waals surface area (Å²) in [7, 11) is 0. The largest absolute Gasteiger partial charge is 0.494 e. The molecule has 0 atom stereocenters. The summed E-state index contributed by atoms with van der Waals surface area (Å²) in [6.45, 7) is 10.8. The molecule has 0 spiro atoms. The predicted octanol–water partition coefficient (Wildman–Crippen LogP) is 5.20. The molecular formula is C23H31N3O. The number of benzene rings is 1. The van der Waals surface area contributed by atoms with E-state index in [1.807, 2.05) is 24.4 Å². The van der Waals surface area contributed by atoms with Gasteiger partial charge in [-0.3, -0.25) is 0 Å². The number of fused-ring (bicyclic) bond motifs is 1. The van der Waals surface area contributed by atoms with Gasteiger partial charge in [-0.05, 0) is 75.2 Å². The summed E-state index contributed by atoms with van der Waals surface area (Å²) in [5, 5.41) is 0. The van der Waals surface area contributed by atoms with E-state index in [1.54, 1.807) is 0 Å². The molecule has 0 aliphatic carbocycles. The van der Waals surface area contributed by atoms with Crippen LogP contribution in [-0.4, -0.2) is 40.5 Å². The van der Waals surface area contributed by atoms with Crippen LogP contribution in [0.25, 0.3) is 16.9 Å². The first-order valence-corrected chi connectivity index (χ1v) is 10.1. The highest BCUT2D eigenvalue weighted by molar-refractivity contribution is 5.64. The molecule has 0 N–H and O–H groups in total. The quantitative estimate of drug-likeness (QED) is 0.463. The van der Waals surface area contributed by atoms with Crippen molar-refractivity contribution < 1.29 is 4.74 Å². The zero-order valence-corrected chi connectivity index (χ0v) is 16.8. The lowest BCUT2D eigenvalue weighted by Crippen LogP contribution is -2.27. The summed E-state index contributed by atoms with van der Waals surface area (Å²) in [4.78, 5) is 7.28. The zero-order chi connectivity index (χ0) is 19.1. The number of hydrogen-bond acceptors (Lipinski definition) is 3. The minimum atomic E-state index is 0.761. The fourth-order valence-corrected chi connectivity index (χ4v) is 3.46. The van der Waals surface area contributed by atoms with Crippen molar-refractivity contribution in [2.75, 3.05) is 26.2 Å². The van der Waals surface area contributed by atoms with Gasteiger partial charge in [0, 0.05) is 24.5 Å². The van der Waals surface area contributed by atoms with Crippen molar-refractivity contribution in [3.8, 4) is 17.0 Å². The van der Waals surface area contributed by atoms with E-state index in [-0.39, 0.29) is 0 Å². The van der Waals surface area contributed by atoms with Crippen molar-refractivity contribution in [2.45, 2.75) is 40.0 Å². The Morgan fingerprint density at radius 2 is 1.74 bits per heavy atom. The fraction of sp³-hybridized carbons (Fsp3) is 0.435. The highest BCUT2D eigenvalue weighted by Crippen LogP contribution is 2.23. The Balaban J connectivity index is 1.54. The first-order valence-electron chi connectivity index (χ1n) is 10.1. The van der Waals surface area contributed by atoms with Crippen LogP contribution in [0.15, 0.2) is 48.8 Å². The third-order valence-corrected chi connectivity index (χ3v) is 4.80. The topological polar surface area (TPSA) is 29.8 Å². The van der Waals surface area contributed by atoms with Gasteiger partial charge in [0.05, 0.1) is 12.3 Å². The third kappa shape index (κ3) is 5.10. The Morgan fingerprint density at radius 3 is 2.41 bits per heavy atom. The summed E-state index contributed by atoms with van der Waals surface area (Å²) in [6.07, 6.45) is 7.61. The van der Waals surface area contributed by atoms with Crippen molar-refractivity contribution in [3.05, 3.63) is 54.4 Å². The average Bonchev–Trinajstić information content (AvgIpc) is 3.12. The molecule has 0 aliphatic rings. The molecular weight excluding hydrogens is 334 g/mol. The summed E-state index contributed by atoms with van der Waals surface area (Å²) < 4.78 is 8.01. The van der Waals surface area contributed by atoms with Crippen molar-refractivity contribution >= 4 is 5.65 Å². The number of imidazole rings is 1. The summed E-state index contributed by atoms with van der Waals surface area (Å²) in [5.41, 5.74) is 4.30. The van der Waals surface area contributed by atoms with Gasteiger partial charge in [-0.1, -0.05) is 19.9 Å². The van der Waals surface area contributed by atoms with Crippen LogP contribution in [-0.2, 0) is 0 Å². The van der Waals surface area contributed by atoms with Crippen molar-refractivity contribution in [1.82, 2.24) is 14.3 Å². The van der Waals surface area contributed by atoms with Crippen LogP contribution in [0.4, 0.5) is 0 Å². The first kappa shape index (κ1) is 19.4. The molecule has 4 nitrogen and oxygen atoms in total. The van der Waals surface area contributed by atoms with Crippen LogP contribution in [0, 0.1) is 6.92 Å². The number of hydrogen-bond donors (Lipinski definition) is 0. The fourth-order valence-electron chi connectivity index (χ4n) is 3.46. The van der Waals surface area contributed by atoms with E-state index in [1.165, 1.54) is 31.5 Å². The van der Waals surface area contributed by atoms with Gasteiger partial charge in [0.1, 0.15) is 11.4 Å². The minimum Gasteiger partial charge on any atom is -0.494 e. The minimum absolute atomic E-state index is 0.761.